The minimum atomic E-state index is 0.273. The zero-order chi connectivity index (χ0) is 10.1. The summed E-state index contributed by atoms with van der Waals surface area (Å²) in [6.07, 6.45) is 1.86. The maximum Gasteiger partial charge on any atom is 0.125 e. The van der Waals surface area contributed by atoms with Crippen molar-refractivity contribution in [2.75, 3.05) is 0 Å². The summed E-state index contributed by atoms with van der Waals surface area (Å²) in [5.41, 5.74) is 2.70. The van der Waals surface area contributed by atoms with Gasteiger partial charge in [-0.1, -0.05) is 11.6 Å². The summed E-state index contributed by atoms with van der Waals surface area (Å²) < 4.78 is 1.72. The highest BCUT2D eigenvalue weighted by molar-refractivity contribution is 5.67. The van der Waals surface area contributed by atoms with Gasteiger partial charge in [-0.05, 0) is 25.1 Å². The maximum absolute atomic E-state index is 9.65. The zero-order valence-electron chi connectivity index (χ0n) is 8.23. The highest BCUT2D eigenvalue weighted by Crippen LogP contribution is 2.28. The van der Waals surface area contributed by atoms with E-state index in [2.05, 4.69) is 5.10 Å². The normalized spacial score (nSPS) is 10.4. The summed E-state index contributed by atoms with van der Waals surface area (Å²) in [6, 6.07) is 7.38. The number of phenolic OH excluding ortho intramolecular Hbond substituents is 1. The summed E-state index contributed by atoms with van der Waals surface area (Å²) in [5.74, 6) is 0.273. The maximum atomic E-state index is 9.65. The number of aromatic nitrogens is 2. The Bertz CT molecular complexity index is 460. The second-order valence-corrected chi connectivity index (χ2v) is 3.40. The van der Waals surface area contributed by atoms with Gasteiger partial charge in [-0.25, -0.2) is 0 Å². The van der Waals surface area contributed by atoms with Crippen LogP contribution in [0.4, 0.5) is 0 Å². The molecular weight excluding hydrogens is 176 g/mol. The minimum absolute atomic E-state index is 0.273. The fourth-order valence-corrected chi connectivity index (χ4v) is 1.41. The van der Waals surface area contributed by atoms with Crippen LogP contribution in [0.1, 0.15) is 5.56 Å². The van der Waals surface area contributed by atoms with E-state index in [1.54, 1.807) is 10.7 Å². The van der Waals surface area contributed by atoms with Crippen molar-refractivity contribution in [3.05, 3.63) is 36.0 Å². The van der Waals surface area contributed by atoms with Crippen LogP contribution in [0.25, 0.3) is 11.3 Å². The summed E-state index contributed by atoms with van der Waals surface area (Å²) in [5, 5.41) is 13.9. The first-order chi connectivity index (χ1) is 6.66. The highest BCUT2D eigenvalue weighted by Gasteiger charge is 2.06. The van der Waals surface area contributed by atoms with Gasteiger partial charge in [0.05, 0.1) is 5.69 Å². The lowest BCUT2D eigenvalue weighted by Gasteiger charge is -2.02. The molecule has 0 bridgehead atoms. The van der Waals surface area contributed by atoms with Crippen LogP contribution >= 0.6 is 0 Å². The molecule has 3 heteroatoms. The van der Waals surface area contributed by atoms with E-state index in [9.17, 15) is 5.11 Å². The van der Waals surface area contributed by atoms with Crippen molar-refractivity contribution in [1.82, 2.24) is 9.78 Å². The number of aryl methyl sites for hydroxylation is 2. The molecule has 0 atom stereocenters. The first-order valence-electron chi connectivity index (χ1n) is 4.46. The topological polar surface area (TPSA) is 38.0 Å². The van der Waals surface area contributed by atoms with Crippen LogP contribution in [0, 0.1) is 6.92 Å². The van der Waals surface area contributed by atoms with E-state index >= 15 is 0 Å². The van der Waals surface area contributed by atoms with E-state index in [1.165, 1.54) is 0 Å². The van der Waals surface area contributed by atoms with Gasteiger partial charge in [0.15, 0.2) is 0 Å². The third kappa shape index (κ3) is 1.48. The summed E-state index contributed by atoms with van der Waals surface area (Å²) in [7, 11) is 1.86. The third-order valence-electron chi connectivity index (χ3n) is 2.14. The molecule has 1 aromatic carbocycles. The minimum Gasteiger partial charge on any atom is -0.507 e. The largest absolute Gasteiger partial charge is 0.507 e. The Hall–Kier alpha value is -1.77. The number of hydrogen-bond donors (Lipinski definition) is 1. The van der Waals surface area contributed by atoms with Crippen molar-refractivity contribution in [2.45, 2.75) is 6.92 Å². The van der Waals surface area contributed by atoms with Crippen molar-refractivity contribution in [2.24, 2.45) is 7.05 Å². The van der Waals surface area contributed by atoms with Crippen LogP contribution in [0.15, 0.2) is 30.5 Å². The molecule has 14 heavy (non-hydrogen) atoms. The number of benzene rings is 1. The molecule has 0 spiro atoms. The van der Waals surface area contributed by atoms with Crippen molar-refractivity contribution in [1.29, 1.82) is 0 Å². The van der Waals surface area contributed by atoms with Crippen LogP contribution in [0.5, 0.6) is 5.75 Å². The Morgan fingerprint density at radius 2 is 2.07 bits per heavy atom. The van der Waals surface area contributed by atoms with E-state index in [0.717, 1.165) is 16.8 Å². The molecule has 0 aliphatic carbocycles. The van der Waals surface area contributed by atoms with Gasteiger partial charge in [-0.2, -0.15) is 5.10 Å². The first kappa shape index (κ1) is 8.81. The van der Waals surface area contributed by atoms with Gasteiger partial charge >= 0.3 is 0 Å². The molecule has 72 valence electrons. The van der Waals surface area contributed by atoms with Gasteiger partial charge in [0.1, 0.15) is 5.75 Å². The molecule has 2 rings (SSSR count). The molecule has 0 fully saturated rings. The molecule has 0 saturated carbocycles. The summed E-state index contributed by atoms with van der Waals surface area (Å²) in [4.78, 5) is 0. The average molecular weight is 188 g/mol. The van der Waals surface area contributed by atoms with E-state index < -0.39 is 0 Å². The molecule has 1 aromatic heterocycles. The number of phenols is 1. The van der Waals surface area contributed by atoms with Crippen LogP contribution < -0.4 is 0 Å². The van der Waals surface area contributed by atoms with Gasteiger partial charge in [0.2, 0.25) is 0 Å². The second-order valence-electron chi connectivity index (χ2n) is 3.40. The van der Waals surface area contributed by atoms with Crippen molar-refractivity contribution in [3.8, 4) is 17.0 Å². The predicted molar refractivity (Wildman–Crippen MR) is 55.0 cm³/mol. The van der Waals surface area contributed by atoms with Gasteiger partial charge in [0, 0.05) is 18.8 Å². The molecule has 0 aliphatic heterocycles. The fourth-order valence-electron chi connectivity index (χ4n) is 1.41. The number of rotatable bonds is 1. The second kappa shape index (κ2) is 3.18. The summed E-state index contributed by atoms with van der Waals surface area (Å²) >= 11 is 0. The Morgan fingerprint density at radius 3 is 2.71 bits per heavy atom. The van der Waals surface area contributed by atoms with Gasteiger partial charge in [-0.3, -0.25) is 4.68 Å². The SMILES string of the molecule is Cc1ccc(O)c(-c2ccn(C)n2)c1. The Kier molecular flexibility index (Phi) is 2.00. The molecule has 3 nitrogen and oxygen atoms in total. The lowest BCUT2D eigenvalue weighted by atomic mass is 10.1. The lowest BCUT2D eigenvalue weighted by Crippen LogP contribution is -1.88. The fraction of sp³-hybridized carbons (Fsp3) is 0.182. The van der Waals surface area contributed by atoms with Crippen LogP contribution in [0.3, 0.4) is 0 Å². The van der Waals surface area contributed by atoms with Gasteiger partial charge < -0.3 is 5.11 Å². The van der Waals surface area contributed by atoms with E-state index in [-0.39, 0.29) is 5.75 Å². The number of aromatic hydroxyl groups is 1. The van der Waals surface area contributed by atoms with Crippen LogP contribution in [-0.4, -0.2) is 14.9 Å². The predicted octanol–water partition coefficient (Wildman–Crippen LogP) is 2.10. The van der Waals surface area contributed by atoms with Crippen LogP contribution in [0.2, 0.25) is 0 Å². The Balaban J connectivity index is 2.55. The smallest absolute Gasteiger partial charge is 0.125 e. The van der Waals surface area contributed by atoms with E-state index in [4.69, 9.17) is 0 Å². The molecule has 1 heterocycles. The molecule has 0 amide bonds. The number of hydrogen-bond acceptors (Lipinski definition) is 2. The van der Waals surface area contributed by atoms with Crippen LogP contribution in [-0.2, 0) is 7.05 Å². The molecule has 0 radical (unpaired) electrons. The standard InChI is InChI=1S/C11H12N2O/c1-8-3-4-11(14)9(7-8)10-5-6-13(2)12-10/h3-7,14H,1-2H3. The first-order valence-corrected chi connectivity index (χ1v) is 4.46. The zero-order valence-corrected chi connectivity index (χ0v) is 8.23. The average Bonchev–Trinajstić information content (AvgIpc) is 2.56. The van der Waals surface area contributed by atoms with Crippen molar-refractivity contribution < 1.29 is 5.11 Å². The molecule has 0 saturated heterocycles. The molecule has 0 aliphatic rings. The quantitative estimate of drug-likeness (QED) is 0.744. The monoisotopic (exact) mass is 188 g/mol. The molecule has 1 N–H and O–H groups in total. The molecule has 0 unspecified atom stereocenters. The van der Waals surface area contributed by atoms with Gasteiger partial charge in [0.25, 0.3) is 0 Å². The van der Waals surface area contributed by atoms with E-state index in [1.807, 2.05) is 38.4 Å². The third-order valence-corrected chi connectivity index (χ3v) is 2.14. The molecular formula is C11H12N2O. The van der Waals surface area contributed by atoms with Crippen molar-refractivity contribution in [3.63, 3.8) is 0 Å². The van der Waals surface area contributed by atoms with Crippen molar-refractivity contribution >= 4 is 0 Å². The summed E-state index contributed by atoms with van der Waals surface area (Å²) in [6.45, 7) is 1.99. The molecule has 2 aromatic rings. The van der Waals surface area contributed by atoms with Gasteiger partial charge in [-0.15, -0.1) is 0 Å². The number of nitrogens with zero attached hydrogens (tertiary/aromatic N) is 2. The Morgan fingerprint density at radius 1 is 1.29 bits per heavy atom. The van der Waals surface area contributed by atoms with E-state index in [0.29, 0.717) is 0 Å². The lowest BCUT2D eigenvalue weighted by molar-refractivity contribution is 0.477. The Labute approximate surface area is 82.6 Å². The highest BCUT2D eigenvalue weighted by atomic mass is 16.3.